The average molecular weight is 464 g/mol. The summed E-state index contributed by atoms with van der Waals surface area (Å²) in [5.74, 6) is -0.168. The molecular formula is C24H28F3N3O3. The van der Waals surface area contributed by atoms with Crippen LogP contribution in [0.1, 0.15) is 42.5 Å². The number of nitrogens with zero attached hydrogens (tertiary/aromatic N) is 2. The number of rotatable bonds is 7. The molecular weight excluding hydrogens is 435 g/mol. The van der Waals surface area contributed by atoms with Crippen molar-refractivity contribution in [2.24, 2.45) is 11.3 Å². The van der Waals surface area contributed by atoms with E-state index in [1.807, 2.05) is 4.90 Å². The molecule has 2 aromatic rings. The first kappa shape index (κ1) is 23.4. The number of aromatic nitrogens is 1. The van der Waals surface area contributed by atoms with Gasteiger partial charge in [-0.1, -0.05) is 12.5 Å². The number of benzene rings is 1. The molecule has 0 bridgehead atoms. The first-order valence-electron chi connectivity index (χ1n) is 11.2. The van der Waals surface area contributed by atoms with E-state index in [9.17, 15) is 18.0 Å². The Hall–Kier alpha value is -2.81. The Kier molecular flexibility index (Phi) is 6.52. The van der Waals surface area contributed by atoms with Gasteiger partial charge in [0.2, 0.25) is 0 Å². The standard InChI is InChI=1S/C24H28F3N3O3/c25-24(26,27)23(8-1-9-23)15-30-10-6-16(7-11-30)14-33-18-3-5-21(29-13-18)17-2-4-19(22(31)32)20(28)12-17/h2-5,12-13,16H,1,6-11,14-15,28H2,(H,31,32). The minimum absolute atomic E-state index is 0.0472. The normalized spacial score (nSPS) is 19.1. The lowest BCUT2D eigenvalue weighted by Crippen LogP contribution is -2.53. The van der Waals surface area contributed by atoms with Crippen molar-refractivity contribution in [2.45, 2.75) is 38.3 Å². The predicted octanol–water partition coefficient (Wildman–Crippen LogP) is 4.85. The molecule has 178 valence electrons. The summed E-state index contributed by atoms with van der Waals surface area (Å²) in [5, 5.41) is 9.08. The van der Waals surface area contributed by atoms with E-state index >= 15 is 0 Å². The number of carboxylic acids is 1. The molecule has 0 amide bonds. The van der Waals surface area contributed by atoms with Gasteiger partial charge < -0.3 is 20.5 Å². The van der Waals surface area contributed by atoms with Crippen molar-refractivity contribution in [2.75, 3.05) is 32.0 Å². The highest BCUT2D eigenvalue weighted by Crippen LogP contribution is 2.53. The minimum Gasteiger partial charge on any atom is -0.492 e. The van der Waals surface area contributed by atoms with Gasteiger partial charge in [0, 0.05) is 17.8 Å². The zero-order chi connectivity index (χ0) is 23.6. The third kappa shape index (κ3) is 5.08. The Morgan fingerprint density at radius 2 is 1.94 bits per heavy atom. The number of likely N-dealkylation sites (tertiary alicyclic amines) is 1. The SMILES string of the molecule is Nc1cc(-c2ccc(OCC3CCN(CC4(C(F)(F)F)CCC4)CC3)cn2)ccc1C(=O)O. The first-order chi connectivity index (χ1) is 15.7. The second kappa shape index (κ2) is 9.21. The topological polar surface area (TPSA) is 88.7 Å². The largest absolute Gasteiger partial charge is 0.492 e. The number of carbonyl (C=O) groups is 1. The molecule has 0 unspecified atom stereocenters. The van der Waals surface area contributed by atoms with Gasteiger partial charge in [0.25, 0.3) is 0 Å². The van der Waals surface area contributed by atoms with Crippen LogP contribution >= 0.6 is 0 Å². The van der Waals surface area contributed by atoms with Crippen molar-refractivity contribution in [3.05, 3.63) is 42.1 Å². The van der Waals surface area contributed by atoms with E-state index in [2.05, 4.69) is 4.98 Å². The monoisotopic (exact) mass is 463 g/mol. The molecule has 3 N–H and O–H groups in total. The lowest BCUT2D eigenvalue weighted by atomic mass is 9.67. The van der Waals surface area contributed by atoms with Crippen molar-refractivity contribution in [1.29, 1.82) is 0 Å². The van der Waals surface area contributed by atoms with Crippen LogP contribution in [0, 0.1) is 11.3 Å². The van der Waals surface area contributed by atoms with Gasteiger partial charge >= 0.3 is 12.1 Å². The van der Waals surface area contributed by atoms with Crippen molar-refractivity contribution >= 4 is 11.7 Å². The number of piperidine rings is 1. The lowest BCUT2D eigenvalue weighted by Gasteiger charge is -2.47. The van der Waals surface area contributed by atoms with E-state index in [1.165, 1.54) is 6.07 Å². The highest BCUT2D eigenvalue weighted by atomic mass is 19.4. The summed E-state index contributed by atoms with van der Waals surface area (Å²) in [6.07, 6.45) is 0.280. The van der Waals surface area contributed by atoms with Gasteiger partial charge in [-0.05, 0) is 69.0 Å². The molecule has 1 aliphatic carbocycles. The summed E-state index contributed by atoms with van der Waals surface area (Å²) in [6.45, 7) is 1.95. The van der Waals surface area contributed by atoms with E-state index in [1.54, 1.807) is 30.5 Å². The smallest absolute Gasteiger partial charge is 0.395 e. The second-order valence-corrected chi connectivity index (χ2v) is 9.15. The molecule has 1 saturated carbocycles. The van der Waals surface area contributed by atoms with Gasteiger partial charge in [0.1, 0.15) is 5.75 Å². The third-order valence-corrected chi connectivity index (χ3v) is 6.95. The Balaban J connectivity index is 1.26. The fraction of sp³-hybridized carbons (Fsp3) is 0.500. The molecule has 0 atom stereocenters. The van der Waals surface area contributed by atoms with Crippen molar-refractivity contribution in [1.82, 2.24) is 9.88 Å². The number of nitrogens with two attached hydrogens (primary N) is 1. The highest BCUT2D eigenvalue weighted by Gasteiger charge is 2.58. The fourth-order valence-corrected chi connectivity index (χ4v) is 4.64. The van der Waals surface area contributed by atoms with E-state index in [4.69, 9.17) is 15.6 Å². The average Bonchev–Trinajstić information content (AvgIpc) is 2.75. The molecule has 2 heterocycles. The number of ether oxygens (including phenoxy) is 1. The zero-order valence-electron chi connectivity index (χ0n) is 18.3. The molecule has 6 nitrogen and oxygen atoms in total. The molecule has 0 radical (unpaired) electrons. The summed E-state index contributed by atoms with van der Waals surface area (Å²) in [5.41, 5.74) is 5.88. The Morgan fingerprint density at radius 3 is 2.45 bits per heavy atom. The minimum atomic E-state index is -4.12. The first-order valence-corrected chi connectivity index (χ1v) is 11.2. The molecule has 2 aliphatic rings. The molecule has 33 heavy (non-hydrogen) atoms. The fourth-order valence-electron chi connectivity index (χ4n) is 4.64. The van der Waals surface area contributed by atoms with Crippen LogP contribution in [0.25, 0.3) is 11.3 Å². The van der Waals surface area contributed by atoms with Gasteiger partial charge in [-0.2, -0.15) is 13.2 Å². The zero-order valence-corrected chi connectivity index (χ0v) is 18.3. The molecule has 4 rings (SSSR count). The summed E-state index contributed by atoms with van der Waals surface area (Å²) in [7, 11) is 0. The van der Waals surface area contributed by atoms with Crippen molar-refractivity contribution in [3.8, 4) is 17.0 Å². The number of hydrogen-bond donors (Lipinski definition) is 2. The Labute approximate surface area is 190 Å². The molecule has 1 aromatic carbocycles. The number of alkyl halides is 3. The Bertz CT molecular complexity index is 983. The van der Waals surface area contributed by atoms with E-state index in [0.29, 0.717) is 49.0 Å². The summed E-state index contributed by atoms with van der Waals surface area (Å²) in [6, 6.07) is 8.26. The van der Waals surface area contributed by atoms with E-state index in [0.717, 1.165) is 12.8 Å². The summed E-state index contributed by atoms with van der Waals surface area (Å²) < 4.78 is 46.1. The maximum Gasteiger partial charge on any atom is 0.395 e. The van der Waals surface area contributed by atoms with Crippen LogP contribution in [0.5, 0.6) is 5.75 Å². The number of nitrogen functional groups attached to an aromatic ring is 1. The van der Waals surface area contributed by atoms with Crippen molar-refractivity contribution < 1.29 is 27.8 Å². The van der Waals surface area contributed by atoms with Crippen LogP contribution in [0.15, 0.2) is 36.5 Å². The molecule has 1 aromatic heterocycles. The van der Waals surface area contributed by atoms with Crippen LogP contribution in [0.4, 0.5) is 18.9 Å². The van der Waals surface area contributed by atoms with E-state index in [-0.39, 0.29) is 30.6 Å². The molecule has 2 fully saturated rings. The number of hydrogen-bond acceptors (Lipinski definition) is 5. The molecule has 9 heteroatoms. The van der Waals surface area contributed by atoms with Crippen LogP contribution < -0.4 is 10.5 Å². The van der Waals surface area contributed by atoms with Gasteiger partial charge in [-0.25, -0.2) is 4.79 Å². The quantitative estimate of drug-likeness (QED) is 0.571. The highest BCUT2D eigenvalue weighted by molar-refractivity contribution is 5.94. The lowest BCUT2D eigenvalue weighted by molar-refractivity contribution is -0.256. The van der Waals surface area contributed by atoms with Crippen molar-refractivity contribution in [3.63, 3.8) is 0 Å². The molecule has 1 aliphatic heterocycles. The van der Waals surface area contributed by atoms with Gasteiger partial charge in [0.05, 0.1) is 29.5 Å². The summed E-state index contributed by atoms with van der Waals surface area (Å²) >= 11 is 0. The van der Waals surface area contributed by atoms with Crippen LogP contribution in [-0.2, 0) is 0 Å². The number of anilines is 1. The maximum atomic E-state index is 13.4. The second-order valence-electron chi connectivity index (χ2n) is 9.15. The van der Waals surface area contributed by atoms with E-state index < -0.39 is 17.6 Å². The number of halogens is 3. The Morgan fingerprint density at radius 1 is 1.21 bits per heavy atom. The molecule has 1 saturated heterocycles. The molecule has 0 spiro atoms. The third-order valence-electron chi connectivity index (χ3n) is 6.95. The van der Waals surface area contributed by atoms with Gasteiger partial charge in [-0.15, -0.1) is 0 Å². The predicted molar refractivity (Wildman–Crippen MR) is 118 cm³/mol. The number of aromatic carboxylic acids is 1. The van der Waals surface area contributed by atoms with Crippen LogP contribution in [0.2, 0.25) is 0 Å². The maximum absolute atomic E-state index is 13.4. The van der Waals surface area contributed by atoms with Crippen LogP contribution in [-0.4, -0.2) is 53.4 Å². The number of carboxylic acid groups (broad SMARTS) is 1. The van der Waals surface area contributed by atoms with Crippen LogP contribution in [0.3, 0.4) is 0 Å². The van der Waals surface area contributed by atoms with Gasteiger partial charge in [0.15, 0.2) is 0 Å². The van der Waals surface area contributed by atoms with Gasteiger partial charge in [-0.3, -0.25) is 4.98 Å². The number of pyridine rings is 1. The summed E-state index contributed by atoms with van der Waals surface area (Å²) in [4.78, 5) is 17.4.